The number of nitrogens with zero attached hydrogens (tertiary/aromatic N) is 2. The molecule has 0 rings (SSSR count). The molecule has 0 aliphatic carbocycles. The molecule has 0 aromatic carbocycles. The van der Waals surface area contributed by atoms with Gasteiger partial charge in [0.05, 0.1) is 205 Å². The van der Waals surface area contributed by atoms with E-state index in [0.29, 0.717) is 237 Å². The van der Waals surface area contributed by atoms with Gasteiger partial charge >= 0.3 is 0 Å². The zero-order valence-electron chi connectivity index (χ0n) is 50.5. The first kappa shape index (κ1) is 80.3. The second-order valence-corrected chi connectivity index (χ2v) is 17.3. The van der Waals surface area contributed by atoms with Crippen molar-refractivity contribution < 1.29 is 99.8 Å². The summed E-state index contributed by atoms with van der Waals surface area (Å²) < 4.78 is 84.3. The molecule has 0 aliphatic heterocycles. The molecule has 0 atom stereocenters. The van der Waals surface area contributed by atoms with Crippen LogP contribution in [0.15, 0.2) is 12.3 Å². The van der Waals surface area contributed by atoms with Crippen LogP contribution in [0.4, 0.5) is 0 Å². The molecule has 5 amide bonds. The van der Waals surface area contributed by atoms with Crippen LogP contribution in [0.1, 0.15) is 39.0 Å². The van der Waals surface area contributed by atoms with Crippen LogP contribution >= 0.6 is 0 Å². The predicted octanol–water partition coefficient (Wildman–Crippen LogP) is -1.20. The van der Waals surface area contributed by atoms with E-state index in [4.69, 9.17) is 81.5 Å². The van der Waals surface area contributed by atoms with Crippen LogP contribution in [0, 0.1) is 0 Å². The van der Waals surface area contributed by atoms with E-state index in [0.717, 1.165) is 5.70 Å². The molecule has 0 aromatic heterocycles. The Morgan fingerprint density at radius 3 is 0.963 bits per heavy atom. The highest BCUT2D eigenvalue weighted by atomic mass is 16.6. The van der Waals surface area contributed by atoms with E-state index in [1.54, 1.807) is 35.4 Å². The molecule has 6 N–H and O–H groups in total. The van der Waals surface area contributed by atoms with E-state index in [-0.39, 0.29) is 68.7 Å². The molecule has 0 radical (unpaired) electrons. The number of ether oxygens (including phenoxy) is 16. The fraction of sp³-hybridized carbons (Fsp3) is 0.870. The number of methoxy groups -OCH3 is 4. The summed E-state index contributed by atoms with van der Waals surface area (Å²) in [6.07, 6.45) is 2.47. The molecular formula is C54H107N7O21. The Balaban J connectivity index is 0. The summed E-state index contributed by atoms with van der Waals surface area (Å²) in [6.45, 7) is 21.2. The van der Waals surface area contributed by atoms with Crippen molar-refractivity contribution in [3.05, 3.63) is 12.3 Å². The molecule has 0 saturated heterocycles. The third-order valence-corrected chi connectivity index (χ3v) is 10.6. The molecule has 0 saturated carbocycles. The topological polar surface area (TPSA) is 314 Å². The number of hydrogen-bond acceptors (Lipinski definition) is 23. The maximum absolute atomic E-state index is 12.3. The van der Waals surface area contributed by atoms with Crippen molar-refractivity contribution in [2.24, 2.45) is 5.73 Å². The minimum absolute atomic E-state index is 0.0561. The van der Waals surface area contributed by atoms with Gasteiger partial charge in [0.15, 0.2) is 0 Å². The van der Waals surface area contributed by atoms with Crippen LogP contribution in [0.3, 0.4) is 0 Å². The van der Waals surface area contributed by atoms with Crippen molar-refractivity contribution in [3.8, 4) is 0 Å². The Hall–Kier alpha value is -3.79. The maximum Gasteiger partial charge on any atom is 0.239 e. The molecule has 28 nitrogen and oxygen atoms in total. The van der Waals surface area contributed by atoms with Gasteiger partial charge in [0.1, 0.15) is 0 Å². The number of nitrogens with two attached hydrogens (primary N) is 1. The lowest BCUT2D eigenvalue weighted by molar-refractivity contribution is -0.136. The normalized spacial score (nSPS) is 11.0. The van der Waals surface area contributed by atoms with Gasteiger partial charge < -0.3 is 113 Å². The van der Waals surface area contributed by atoms with E-state index in [9.17, 15) is 24.0 Å². The van der Waals surface area contributed by atoms with Crippen molar-refractivity contribution in [2.75, 3.05) is 272 Å². The van der Waals surface area contributed by atoms with Crippen LogP contribution < -0.4 is 27.0 Å². The van der Waals surface area contributed by atoms with Gasteiger partial charge in [-0.15, -0.1) is 0 Å². The standard InChI is InChI=1S/C27H54N4O10.C27H53N3O11/c1-25(29-7-9-36-15-17-40-21-19-38-13-11-34-2)5-4-6-30-26(32)24-31(27(33)23-28)8-10-37-16-18-41-22-20-39-14-12-35-3;1-4-27(33)30(9-11-37-17-19-41-23-21-39-15-13-35-3)24-26(32)28-7-5-6-25(31)29-8-10-36-16-18-40-22-20-38-14-12-34-2/h29H,1,4-24,28H2,2-3H3,(H,30,32);4-24H2,1-3H3,(H,28,32)(H,29,31). The summed E-state index contributed by atoms with van der Waals surface area (Å²) in [5.74, 6) is -1.09. The second-order valence-electron chi connectivity index (χ2n) is 17.3. The molecule has 0 aliphatic rings. The Kier molecular flexibility index (Phi) is 65.0. The Bertz CT molecular complexity index is 1360. The number of carbonyl (C=O) groups is 5. The van der Waals surface area contributed by atoms with E-state index in [1.807, 2.05) is 0 Å². The predicted molar refractivity (Wildman–Crippen MR) is 304 cm³/mol. The first-order chi connectivity index (χ1) is 40.1. The lowest BCUT2D eigenvalue weighted by atomic mass is 10.2. The number of rotatable bonds is 63. The van der Waals surface area contributed by atoms with Crippen LogP contribution in [-0.2, 0) is 99.8 Å². The number of amides is 5. The van der Waals surface area contributed by atoms with Gasteiger partial charge in [-0.1, -0.05) is 13.5 Å². The SMILES string of the molecule is C=C(CCCNC(=O)CN(CCOCCOCCOCCOC)C(=O)CN)NCCOCCOCCOCCOC.CCC(=O)N(CCOCCOCCOCCOC)CC(=O)NCCCC(=O)NCCOCCOCCOCCOC. The number of allylic oxidation sites excluding steroid dienone is 1. The number of carbonyl (C=O) groups excluding carboxylic acids is 5. The monoisotopic (exact) mass is 1190 g/mol. The zero-order chi connectivity index (χ0) is 60.5. The first-order valence-electron chi connectivity index (χ1n) is 28.5. The Morgan fingerprint density at radius 1 is 0.354 bits per heavy atom. The summed E-state index contributed by atoms with van der Waals surface area (Å²) in [5, 5.41) is 11.6. The molecule has 0 spiro atoms. The van der Waals surface area contributed by atoms with E-state index in [2.05, 4.69) is 27.8 Å². The van der Waals surface area contributed by atoms with Crippen molar-refractivity contribution in [1.82, 2.24) is 31.1 Å². The summed E-state index contributed by atoms with van der Waals surface area (Å²) in [4.78, 5) is 63.7. The average Bonchev–Trinajstić information content (AvgIpc) is 3.48. The fourth-order valence-electron chi connectivity index (χ4n) is 6.23. The molecular weight excluding hydrogens is 1080 g/mol. The molecule has 0 fully saturated rings. The molecule has 484 valence electrons. The summed E-state index contributed by atoms with van der Waals surface area (Å²) in [7, 11) is 6.49. The molecule has 0 aromatic rings. The molecule has 82 heavy (non-hydrogen) atoms. The average molecular weight is 1190 g/mol. The maximum atomic E-state index is 12.3. The van der Waals surface area contributed by atoms with Crippen LogP contribution in [0.25, 0.3) is 0 Å². The highest BCUT2D eigenvalue weighted by molar-refractivity contribution is 5.86. The van der Waals surface area contributed by atoms with Gasteiger partial charge in [0.25, 0.3) is 0 Å². The van der Waals surface area contributed by atoms with Crippen LogP contribution in [0.5, 0.6) is 0 Å². The van der Waals surface area contributed by atoms with Gasteiger partial charge in [0.2, 0.25) is 29.5 Å². The zero-order valence-corrected chi connectivity index (χ0v) is 50.5. The fourth-order valence-corrected chi connectivity index (χ4v) is 6.23. The summed E-state index contributed by atoms with van der Waals surface area (Å²) >= 11 is 0. The van der Waals surface area contributed by atoms with Crippen molar-refractivity contribution in [2.45, 2.75) is 39.0 Å². The van der Waals surface area contributed by atoms with Crippen LogP contribution in [-0.4, -0.2) is 312 Å². The minimum Gasteiger partial charge on any atom is -0.387 e. The van der Waals surface area contributed by atoms with E-state index in [1.165, 1.54) is 9.80 Å². The van der Waals surface area contributed by atoms with Crippen molar-refractivity contribution >= 4 is 29.5 Å². The minimum atomic E-state index is -0.313. The lowest BCUT2D eigenvalue weighted by Gasteiger charge is -2.21. The molecule has 28 heteroatoms. The highest BCUT2D eigenvalue weighted by Gasteiger charge is 2.17. The number of nitrogens with one attached hydrogen (secondary N) is 4. The van der Waals surface area contributed by atoms with Crippen LogP contribution in [0.2, 0.25) is 0 Å². The number of hydrogen-bond donors (Lipinski definition) is 5. The second kappa shape index (κ2) is 66.4. The van der Waals surface area contributed by atoms with Gasteiger partial charge in [0, 0.05) is 86.2 Å². The third kappa shape index (κ3) is 60.8. The largest absolute Gasteiger partial charge is 0.387 e. The first-order valence-corrected chi connectivity index (χ1v) is 28.5. The van der Waals surface area contributed by atoms with Gasteiger partial charge in [-0.2, -0.15) is 0 Å². The Morgan fingerprint density at radius 2 is 0.634 bits per heavy atom. The van der Waals surface area contributed by atoms with E-state index >= 15 is 0 Å². The smallest absolute Gasteiger partial charge is 0.239 e. The summed E-state index contributed by atoms with van der Waals surface area (Å²) in [6, 6.07) is 0. The van der Waals surface area contributed by atoms with E-state index < -0.39 is 0 Å². The third-order valence-electron chi connectivity index (χ3n) is 10.6. The summed E-state index contributed by atoms with van der Waals surface area (Å²) in [5.41, 5.74) is 6.36. The van der Waals surface area contributed by atoms with Gasteiger partial charge in [-0.25, -0.2) is 0 Å². The van der Waals surface area contributed by atoms with Gasteiger partial charge in [-0.05, 0) is 19.3 Å². The van der Waals surface area contributed by atoms with Crippen molar-refractivity contribution in [1.29, 1.82) is 0 Å². The van der Waals surface area contributed by atoms with Crippen molar-refractivity contribution in [3.63, 3.8) is 0 Å². The quantitative estimate of drug-likeness (QED) is 0.0447. The van der Waals surface area contributed by atoms with Gasteiger partial charge in [-0.3, -0.25) is 24.0 Å². The highest BCUT2D eigenvalue weighted by Crippen LogP contribution is 1.99. The molecule has 0 unspecified atom stereocenters. The molecule has 0 heterocycles. The molecule has 0 bridgehead atoms. The lowest BCUT2D eigenvalue weighted by Crippen LogP contribution is -2.45. The Labute approximate surface area is 488 Å².